The van der Waals surface area contributed by atoms with E-state index in [4.69, 9.17) is 5.73 Å². The van der Waals surface area contributed by atoms with E-state index in [-0.39, 0.29) is 32.1 Å². The second-order valence-corrected chi connectivity index (χ2v) is 9.52. The lowest BCUT2D eigenvalue weighted by Crippen LogP contribution is -2.56. The summed E-state index contributed by atoms with van der Waals surface area (Å²) >= 11 is 1.49. The number of hydrogen-bond acceptors (Lipinski definition) is 5. The molecule has 1 aromatic carbocycles. The van der Waals surface area contributed by atoms with Crippen LogP contribution in [0.3, 0.4) is 0 Å². The van der Waals surface area contributed by atoms with Crippen molar-refractivity contribution in [3.05, 3.63) is 29.8 Å². The van der Waals surface area contributed by atoms with Gasteiger partial charge in [-0.05, 0) is 36.6 Å². The Bertz CT molecular complexity index is 872. The number of hydrogen-bond donors (Lipinski definition) is 2. The third-order valence-electron chi connectivity index (χ3n) is 4.57. The van der Waals surface area contributed by atoms with Crippen LogP contribution in [0.4, 0.5) is 18.0 Å². The van der Waals surface area contributed by atoms with Gasteiger partial charge in [-0.25, -0.2) is 13.2 Å². The number of carbonyl (C=O) groups is 2. The minimum atomic E-state index is -4.66. The molecule has 1 aliphatic heterocycles. The maximum atomic E-state index is 12.9. The normalized spacial score (nSPS) is 16.9. The predicted molar refractivity (Wildman–Crippen MR) is 106 cm³/mol. The van der Waals surface area contributed by atoms with Crippen LogP contribution in [0.25, 0.3) is 0 Å². The van der Waals surface area contributed by atoms with Crippen LogP contribution in [0.5, 0.6) is 0 Å². The number of benzene rings is 1. The smallest absolute Gasteiger partial charge is 0.352 e. The van der Waals surface area contributed by atoms with Crippen molar-refractivity contribution in [2.45, 2.75) is 23.5 Å². The lowest BCUT2D eigenvalue weighted by molar-refractivity contribution is -0.137. The molecule has 1 heterocycles. The van der Waals surface area contributed by atoms with Crippen molar-refractivity contribution < 1.29 is 31.2 Å². The summed E-state index contributed by atoms with van der Waals surface area (Å²) in [6.45, 7) is -0.0489. The minimum absolute atomic E-state index is 0.0488. The quantitative estimate of drug-likeness (QED) is 0.627. The first-order valence-electron chi connectivity index (χ1n) is 8.98. The fourth-order valence-electron chi connectivity index (χ4n) is 3.02. The number of piperazine rings is 1. The largest absolute Gasteiger partial charge is 0.416 e. The topological polar surface area (TPSA) is 113 Å². The maximum absolute atomic E-state index is 12.9. The molecule has 0 saturated carbocycles. The lowest BCUT2D eigenvalue weighted by Gasteiger charge is -2.35. The van der Waals surface area contributed by atoms with E-state index < -0.39 is 38.7 Å². The fraction of sp³-hybridized carbons (Fsp3) is 0.529. The molecule has 0 bridgehead atoms. The Morgan fingerprint density at radius 2 is 1.87 bits per heavy atom. The number of alkyl halides is 3. The first-order valence-corrected chi connectivity index (χ1v) is 11.8. The Morgan fingerprint density at radius 1 is 1.23 bits per heavy atom. The van der Waals surface area contributed by atoms with Crippen LogP contribution in [0.2, 0.25) is 0 Å². The van der Waals surface area contributed by atoms with E-state index in [0.29, 0.717) is 18.2 Å². The number of nitrogens with zero attached hydrogens (tertiary/aromatic N) is 2. The average molecular weight is 469 g/mol. The van der Waals surface area contributed by atoms with E-state index in [9.17, 15) is 31.2 Å². The highest BCUT2D eigenvalue weighted by Gasteiger charge is 2.35. The molecule has 3 N–H and O–H groups in total. The van der Waals surface area contributed by atoms with E-state index in [1.165, 1.54) is 16.7 Å². The summed E-state index contributed by atoms with van der Waals surface area (Å²) in [6, 6.07) is 1.90. The fourth-order valence-corrected chi connectivity index (χ4v) is 4.96. The highest BCUT2D eigenvalue weighted by Crippen LogP contribution is 2.31. The number of halogens is 3. The molecular weight excluding hydrogens is 445 g/mol. The number of sulfonamides is 1. The Morgan fingerprint density at radius 3 is 2.40 bits per heavy atom. The average Bonchev–Trinajstić information content (AvgIpc) is 2.70. The summed E-state index contributed by atoms with van der Waals surface area (Å²) in [5, 5.41) is 2.40. The monoisotopic (exact) mass is 468 g/mol. The Hall–Kier alpha value is -1.99. The number of rotatable bonds is 7. The zero-order valence-electron chi connectivity index (χ0n) is 16.2. The van der Waals surface area contributed by atoms with Gasteiger partial charge in [-0.1, -0.05) is 6.07 Å². The molecule has 1 aliphatic rings. The van der Waals surface area contributed by atoms with Crippen LogP contribution in [0.1, 0.15) is 12.0 Å². The summed E-state index contributed by atoms with van der Waals surface area (Å²) < 4.78 is 65.2. The summed E-state index contributed by atoms with van der Waals surface area (Å²) in [7, 11) is -4.15. The van der Waals surface area contributed by atoms with Gasteiger partial charge in [-0.2, -0.15) is 29.2 Å². The number of urea groups is 1. The zero-order chi connectivity index (χ0) is 22.5. The molecule has 2 rings (SSSR count). The van der Waals surface area contributed by atoms with Crippen molar-refractivity contribution in [2.75, 3.05) is 38.2 Å². The molecule has 168 valence electrons. The first-order chi connectivity index (χ1) is 14.0. The standard InChI is InChI=1S/C17H23F3N4O4S2/c1-29-10-5-14(22-16(21)26)15(25)23-6-8-24(9-7-23)30(27,28)13-4-2-3-12(11-13)17(18,19)20/h2-4,11,14H,5-10H2,1H3,(H3,21,22,26). The van der Waals surface area contributed by atoms with Crippen LogP contribution in [-0.2, 0) is 21.0 Å². The van der Waals surface area contributed by atoms with Gasteiger partial charge in [0.05, 0.1) is 10.5 Å². The predicted octanol–water partition coefficient (Wildman–Crippen LogP) is 1.33. The molecule has 30 heavy (non-hydrogen) atoms. The van der Waals surface area contributed by atoms with Crippen molar-refractivity contribution >= 4 is 33.7 Å². The van der Waals surface area contributed by atoms with Crippen molar-refractivity contribution in [3.8, 4) is 0 Å². The van der Waals surface area contributed by atoms with Gasteiger partial charge in [-0.3, -0.25) is 4.79 Å². The number of nitrogens with two attached hydrogens (primary N) is 1. The van der Waals surface area contributed by atoms with E-state index in [1.807, 2.05) is 6.26 Å². The first kappa shape index (κ1) is 24.3. The Balaban J connectivity index is 2.08. The summed E-state index contributed by atoms with van der Waals surface area (Å²) in [5.74, 6) is 0.236. The van der Waals surface area contributed by atoms with Gasteiger partial charge in [0.1, 0.15) is 6.04 Å². The number of primary amides is 1. The minimum Gasteiger partial charge on any atom is -0.352 e. The molecule has 0 spiro atoms. The van der Waals surface area contributed by atoms with Gasteiger partial charge in [0.25, 0.3) is 0 Å². The highest BCUT2D eigenvalue weighted by molar-refractivity contribution is 7.98. The van der Waals surface area contributed by atoms with E-state index in [0.717, 1.165) is 22.5 Å². The summed E-state index contributed by atoms with van der Waals surface area (Å²) in [5.41, 5.74) is 4.07. The van der Waals surface area contributed by atoms with Crippen molar-refractivity contribution in [1.29, 1.82) is 0 Å². The molecule has 0 aliphatic carbocycles. The maximum Gasteiger partial charge on any atom is 0.416 e. The molecule has 0 radical (unpaired) electrons. The summed E-state index contributed by atoms with van der Waals surface area (Å²) in [4.78, 5) is 24.8. The second kappa shape index (κ2) is 9.88. The second-order valence-electron chi connectivity index (χ2n) is 6.60. The van der Waals surface area contributed by atoms with Gasteiger partial charge < -0.3 is 16.0 Å². The molecule has 1 unspecified atom stereocenters. The van der Waals surface area contributed by atoms with E-state index in [1.54, 1.807) is 0 Å². The lowest BCUT2D eigenvalue weighted by atomic mass is 10.2. The molecule has 1 aromatic rings. The van der Waals surface area contributed by atoms with Gasteiger partial charge >= 0.3 is 12.2 Å². The zero-order valence-corrected chi connectivity index (χ0v) is 17.8. The van der Waals surface area contributed by atoms with Crippen molar-refractivity contribution in [3.63, 3.8) is 0 Å². The number of nitrogens with one attached hydrogen (secondary N) is 1. The van der Waals surface area contributed by atoms with Gasteiger partial charge in [0.15, 0.2) is 0 Å². The molecule has 1 saturated heterocycles. The molecule has 3 amide bonds. The molecule has 0 aromatic heterocycles. The molecular formula is C17H23F3N4O4S2. The van der Waals surface area contributed by atoms with Crippen molar-refractivity contribution in [1.82, 2.24) is 14.5 Å². The van der Waals surface area contributed by atoms with Gasteiger partial charge in [0.2, 0.25) is 15.9 Å². The van der Waals surface area contributed by atoms with Gasteiger partial charge in [-0.15, -0.1) is 0 Å². The summed E-state index contributed by atoms with van der Waals surface area (Å²) in [6.07, 6.45) is -2.44. The third kappa shape index (κ3) is 6.01. The Labute approximate surface area is 177 Å². The molecule has 1 atom stereocenters. The third-order valence-corrected chi connectivity index (χ3v) is 7.11. The van der Waals surface area contributed by atoms with Crippen molar-refractivity contribution in [2.24, 2.45) is 5.73 Å². The van der Waals surface area contributed by atoms with Crippen LogP contribution in [-0.4, -0.2) is 73.8 Å². The Kier molecular flexibility index (Phi) is 7.99. The van der Waals surface area contributed by atoms with Crippen LogP contribution in [0, 0.1) is 0 Å². The SMILES string of the molecule is CSCCC(NC(N)=O)C(=O)N1CCN(S(=O)(=O)c2cccc(C(F)(F)F)c2)CC1. The van der Waals surface area contributed by atoms with Crippen LogP contribution >= 0.6 is 11.8 Å². The number of amides is 3. The van der Waals surface area contributed by atoms with Crippen LogP contribution in [0.15, 0.2) is 29.2 Å². The van der Waals surface area contributed by atoms with E-state index >= 15 is 0 Å². The highest BCUT2D eigenvalue weighted by atomic mass is 32.2. The molecule has 8 nitrogen and oxygen atoms in total. The molecule has 13 heteroatoms. The van der Waals surface area contributed by atoms with Crippen LogP contribution < -0.4 is 11.1 Å². The number of carbonyl (C=O) groups excluding carboxylic acids is 2. The van der Waals surface area contributed by atoms with E-state index in [2.05, 4.69) is 5.32 Å². The number of thioether (sulfide) groups is 1. The molecule has 1 fully saturated rings. The van der Waals surface area contributed by atoms with Gasteiger partial charge in [0, 0.05) is 26.2 Å².